The summed E-state index contributed by atoms with van der Waals surface area (Å²) in [6.07, 6.45) is 4.41. The van der Waals surface area contributed by atoms with Gasteiger partial charge in [-0.2, -0.15) is 12.6 Å². The van der Waals surface area contributed by atoms with Gasteiger partial charge in [0.05, 0.1) is 0 Å². The van der Waals surface area contributed by atoms with Crippen LogP contribution in [-0.2, 0) is 0 Å². The van der Waals surface area contributed by atoms with E-state index in [1.807, 2.05) is 0 Å². The molecule has 0 radical (unpaired) electrons. The van der Waals surface area contributed by atoms with Crippen molar-refractivity contribution in [2.45, 2.75) is 33.1 Å². The second kappa shape index (κ2) is 2.42. The summed E-state index contributed by atoms with van der Waals surface area (Å²) in [5.74, 6) is 4.08. The van der Waals surface area contributed by atoms with Crippen LogP contribution in [0.2, 0.25) is 0 Å². The zero-order valence-corrected chi connectivity index (χ0v) is 8.40. The van der Waals surface area contributed by atoms with E-state index in [4.69, 9.17) is 0 Å². The van der Waals surface area contributed by atoms with Crippen molar-refractivity contribution in [3.63, 3.8) is 0 Å². The number of hydrogen-bond donors (Lipinski definition) is 1. The molecule has 0 amide bonds. The van der Waals surface area contributed by atoms with Gasteiger partial charge in [-0.1, -0.05) is 13.8 Å². The molecule has 0 aromatic rings. The van der Waals surface area contributed by atoms with E-state index in [-0.39, 0.29) is 0 Å². The predicted molar refractivity (Wildman–Crippen MR) is 52.0 cm³/mol. The van der Waals surface area contributed by atoms with Crippen molar-refractivity contribution in [3.05, 3.63) is 0 Å². The van der Waals surface area contributed by atoms with Gasteiger partial charge in [0.25, 0.3) is 0 Å². The summed E-state index contributed by atoms with van der Waals surface area (Å²) in [5.41, 5.74) is 0.658. The second-order valence-corrected chi connectivity index (χ2v) is 5.25. The third kappa shape index (κ3) is 0.965. The van der Waals surface area contributed by atoms with Gasteiger partial charge in [0.2, 0.25) is 0 Å². The average Bonchev–Trinajstić information content (AvgIpc) is 2.04. The lowest BCUT2D eigenvalue weighted by atomic mass is 9.46. The van der Waals surface area contributed by atoms with Gasteiger partial charge >= 0.3 is 0 Å². The summed E-state index contributed by atoms with van der Waals surface area (Å²) in [4.78, 5) is 0. The highest BCUT2D eigenvalue weighted by molar-refractivity contribution is 7.80. The molecule has 3 aliphatic rings. The monoisotopic (exact) mass is 170 g/mol. The van der Waals surface area contributed by atoms with E-state index < -0.39 is 0 Å². The van der Waals surface area contributed by atoms with Gasteiger partial charge in [-0.25, -0.2) is 0 Å². The largest absolute Gasteiger partial charge is 0.179 e. The lowest BCUT2D eigenvalue weighted by molar-refractivity contribution is -0.0972. The summed E-state index contributed by atoms with van der Waals surface area (Å²) in [5, 5.41) is 0. The van der Waals surface area contributed by atoms with Crippen LogP contribution in [0.5, 0.6) is 0 Å². The Balaban J connectivity index is 2.10. The summed E-state index contributed by atoms with van der Waals surface area (Å²) >= 11 is 4.43. The van der Waals surface area contributed by atoms with E-state index in [1.54, 1.807) is 0 Å². The molecule has 2 bridgehead atoms. The molecule has 0 spiro atoms. The first-order chi connectivity index (χ1) is 5.16. The van der Waals surface area contributed by atoms with Crippen molar-refractivity contribution < 1.29 is 0 Å². The van der Waals surface area contributed by atoms with Crippen LogP contribution < -0.4 is 0 Å². The zero-order chi connectivity index (χ0) is 8.06. The number of fused-ring (bicyclic) bond motifs is 2. The summed E-state index contributed by atoms with van der Waals surface area (Å²) < 4.78 is 0. The van der Waals surface area contributed by atoms with E-state index in [9.17, 15) is 0 Å². The van der Waals surface area contributed by atoms with Crippen LogP contribution in [-0.4, -0.2) is 5.75 Å². The average molecular weight is 170 g/mol. The third-order valence-corrected chi connectivity index (χ3v) is 4.70. The fraction of sp³-hybridized carbons (Fsp3) is 1.00. The Bertz CT molecular complexity index is 160. The highest BCUT2D eigenvalue weighted by Gasteiger charge is 2.53. The number of thiol groups is 1. The standard InChI is InChI=1S/C10H18S/c1-10(2)8-4-3-7(6-11)9(10)5-8/h7-9,11H,3-6H2,1-2H3/t7-,8+,9+/m1/s1. The molecule has 0 aromatic carbocycles. The second-order valence-electron chi connectivity index (χ2n) is 4.88. The Morgan fingerprint density at radius 2 is 2.09 bits per heavy atom. The van der Waals surface area contributed by atoms with Crippen molar-refractivity contribution >= 4 is 12.6 Å². The molecule has 0 unspecified atom stereocenters. The maximum absolute atomic E-state index is 4.43. The number of rotatable bonds is 1. The Morgan fingerprint density at radius 1 is 1.36 bits per heavy atom. The van der Waals surface area contributed by atoms with Gasteiger partial charge in [-0.3, -0.25) is 0 Å². The molecule has 0 aliphatic heterocycles. The maximum atomic E-state index is 4.43. The molecule has 0 aromatic heterocycles. The molecule has 64 valence electrons. The lowest BCUT2D eigenvalue weighted by Gasteiger charge is -2.60. The van der Waals surface area contributed by atoms with Crippen LogP contribution in [0, 0.1) is 23.2 Å². The molecular weight excluding hydrogens is 152 g/mol. The molecule has 3 atom stereocenters. The molecular formula is C10H18S. The van der Waals surface area contributed by atoms with Gasteiger partial charge < -0.3 is 0 Å². The van der Waals surface area contributed by atoms with Crippen LogP contribution in [0.4, 0.5) is 0 Å². The van der Waals surface area contributed by atoms with Gasteiger partial charge in [-0.15, -0.1) is 0 Å². The first-order valence-electron chi connectivity index (χ1n) is 4.77. The van der Waals surface area contributed by atoms with Gasteiger partial charge in [0.15, 0.2) is 0 Å². The minimum atomic E-state index is 0.658. The van der Waals surface area contributed by atoms with Crippen LogP contribution in [0.15, 0.2) is 0 Å². The molecule has 11 heavy (non-hydrogen) atoms. The summed E-state index contributed by atoms with van der Waals surface area (Å²) in [6.45, 7) is 4.89. The Morgan fingerprint density at radius 3 is 2.45 bits per heavy atom. The van der Waals surface area contributed by atoms with Crippen molar-refractivity contribution in [3.8, 4) is 0 Å². The van der Waals surface area contributed by atoms with Crippen molar-refractivity contribution in [1.29, 1.82) is 0 Å². The predicted octanol–water partition coefficient (Wildman–Crippen LogP) is 2.99. The topological polar surface area (TPSA) is 0 Å². The molecule has 0 N–H and O–H groups in total. The Labute approximate surface area is 75.2 Å². The van der Waals surface area contributed by atoms with Gasteiger partial charge in [-0.05, 0) is 48.2 Å². The van der Waals surface area contributed by atoms with E-state index >= 15 is 0 Å². The summed E-state index contributed by atoms with van der Waals surface area (Å²) in [6, 6.07) is 0. The summed E-state index contributed by atoms with van der Waals surface area (Å²) in [7, 11) is 0. The molecule has 0 nitrogen and oxygen atoms in total. The van der Waals surface area contributed by atoms with Crippen LogP contribution in [0.3, 0.4) is 0 Å². The Kier molecular flexibility index (Phi) is 1.75. The van der Waals surface area contributed by atoms with Gasteiger partial charge in [0.1, 0.15) is 0 Å². The first kappa shape index (κ1) is 7.97. The molecule has 0 saturated heterocycles. The lowest BCUT2D eigenvalue weighted by Crippen LogP contribution is -2.52. The third-order valence-electron chi connectivity index (χ3n) is 4.24. The van der Waals surface area contributed by atoms with Crippen molar-refractivity contribution in [2.75, 3.05) is 5.75 Å². The molecule has 0 heterocycles. The zero-order valence-electron chi connectivity index (χ0n) is 7.51. The van der Waals surface area contributed by atoms with Crippen LogP contribution in [0.25, 0.3) is 0 Å². The fourth-order valence-corrected chi connectivity index (χ4v) is 3.62. The minimum absolute atomic E-state index is 0.658. The van der Waals surface area contributed by atoms with Crippen LogP contribution >= 0.6 is 12.6 Å². The SMILES string of the molecule is CC1(C)[C@H]2CC[C@H](CS)[C@@H]1C2. The maximum Gasteiger partial charge on any atom is -0.00666 e. The molecule has 3 aliphatic carbocycles. The van der Waals surface area contributed by atoms with E-state index in [0.717, 1.165) is 23.5 Å². The normalized spacial score (nSPS) is 46.6. The molecule has 3 rings (SSSR count). The molecule has 1 heteroatoms. The quantitative estimate of drug-likeness (QED) is 0.575. The fourth-order valence-electron chi connectivity index (χ4n) is 3.18. The number of hydrogen-bond acceptors (Lipinski definition) is 1. The van der Waals surface area contributed by atoms with Crippen LogP contribution in [0.1, 0.15) is 33.1 Å². The van der Waals surface area contributed by atoms with E-state index in [1.165, 1.54) is 19.3 Å². The van der Waals surface area contributed by atoms with E-state index in [2.05, 4.69) is 26.5 Å². The molecule has 3 fully saturated rings. The van der Waals surface area contributed by atoms with Crippen molar-refractivity contribution in [2.24, 2.45) is 23.2 Å². The molecule has 3 saturated carbocycles. The minimum Gasteiger partial charge on any atom is -0.179 e. The van der Waals surface area contributed by atoms with E-state index in [0.29, 0.717) is 5.41 Å². The smallest absolute Gasteiger partial charge is 0.00666 e. The highest BCUT2D eigenvalue weighted by atomic mass is 32.1. The van der Waals surface area contributed by atoms with Crippen molar-refractivity contribution in [1.82, 2.24) is 0 Å². The van der Waals surface area contributed by atoms with Gasteiger partial charge in [0, 0.05) is 0 Å². The Hall–Kier alpha value is 0.350. The highest BCUT2D eigenvalue weighted by Crippen LogP contribution is 2.61. The first-order valence-corrected chi connectivity index (χ1v) is 5.40.